The summed E-state index contributed by atoms with van der Waals surface area (Å²) in [6.45, 7) is 0. The lowest BCUT2D eigenvalue weighted by Crippen LogP contribution is -1.77. The van der Waals surface area contributed by atoms with Crippen LogP contribution in [0.2, 0.25) is 0 Å². The highest BCUT2D eigenvalue weighted by atomic mass is 14.7. The Morgan fingerprint density at radius 1 is 0.205 bits per heavy atom. The van der Waals surface area contributed by atoms with E-state index in [0.29, 0.717) is 0 Å². The Morgan fingerprint density at radius 2 is 0.333 bits per heavy atom. The van der Waals surface area contributed by atoms with Crippen molar-refractivity contribution in [1.29, 1.82) is 0 Å². The number of fused-ring (bicyclic) bond motifs is 3. The van der Waals surface area contributed by atoms with E-state index in [0.717, 1.165) is 0 Å². The van der Waals surface area contributed by atoms with Gasteiger partial charge in [0, 0.05) is 64.6 Å². The molecule has 0 unspecified atom stereocenters. The van der Waals surface area contributed by atoms with Gasteiger partial charge in [-0.3, -0.25) is 0 Å². The monoisotopic (exact) mass is 495 g/mol. The van der Waals surface area contributed by atoms with E-state index in [1.165, 1.54) is 97.7 Å². The normalized spacial score (nSPS) is 12.6. The van der Waals surface area contributed by atoms with Gasteiger partial charge in [-0.25, -0.2) is 0 Å². The summed E-state index contributed by atoms with van der Waals surface area (Å²) in [6.07, 6.45) is 0. The molecular formula is C36H21N3. The molecule has 0 saturated heterocycles. The van der Waals surface area contributed by atoms with E-state index in [2.05, 4.69) is 124 Å². The molecule has 10 aromatic rings. The maximum absolute atomic E-state index is 3.89. The fraction of sp³-hybridized carbons (Fsp3) is 0. The predicted molar refractivity (Wildman–Crippen MR) is 167 cm³/mol. The van der Waals surface area contributed by atoms with E-state index >= 15 is 0 Å². The van der Waals surface area contributed by atoms with Crippen molar-refractivity contribution in [2.75, 3.05) is 0 Å². The second kappa shape index (κ2) is 6.77. The van der Waals surface area contributed by atoms with Crippen molar-refractivity contribution in [3.8, 4) is 0 Å². The summed E-state index contributed by atoms with van der Waals surface area (Å²) < 4.78 is 0. The molecule has 18 bridgehead atoms. The minimum atomic E-state index is 1.17. The van der Waals surface area contributed by atoms with Gasteiger partial charge >= 0.3 is 0 Å². The zero-order valence-electron chi connectivity index (χ0n) is 20.9. The van der Waals surface area contributed by atoms with Crippen molar-refractivity contribution in [2.24, 2.45) is 0 Å². The van der Waals surface area contributed by atoms with Gasteiger partial charge in [0.2, 0.25) is 0 Å². The molecule has 10 rings (SSSR count). The van der Waals surface area contributed by atoms with Gasteiger partial charge in [0.15, 0.2) is 0 Å². The summed E-state index contributed by atoms with van der Waals surface area (Å²) >= 11 is 0. The van der Waals surface area contributed by atoms with Crippen LogP contribution in [0.5, 0.6) is 0 Å². The molecule has 0 atom stereocenters. The van der Waals surface area contributed by atoms with Crippen molar-refractivity contribution in [1.82, 2.24) is 15.0 Å². The first-order valence-electron chi connectivity index (χ1n) is 13.5. The number of para-hydroxylation sites is 6. The maximum atomic E-state index is 3.89. The average Bonchev–Trinajstić information content (AvgIpc) is 3.67. The molecule has 0 aliphatic carbocycles. The van der Waals surface area contributed by atoms with E-state index < -0.39 is 0 Å². The van der Waals surface area contributed by atoms with Gasteiger partial charge in [0.25, 0.3) is 0 Å². The van der Waals surface area contributed by atoms with Crippen LogP contribution >= 0.6 is 0 Å². The fourth-order valence-electron chi connectivity index (χ4n) is 7.19. The van der Waals surface area contributed by atoms with Crippen LogP contribution in [0.25, 0.3) is 97.7 Å². The minimum absolute atomic E-state index is 1.17. The first kappa shape index (κ1) is 19.8. The first-order valence-corrected chi connectivity index (χ1v) is 13.5. The number of benzene rings is 6. The largest absolute Gasteiger partial charge is 0.353 e. The van der Waals surface area contributed by atoms with E-state index in [9.17, 15) is 0 Å². The smallest absolute Gasteiger partial charge is 0.0545 e. The van der Waals surface area contributed by atoms with Gasteiger partial charge in [-0.2, -0.15) is 0 Å². The SMILES string of the molecule is c1cc2c3cccc4c5cccc6c7cccc(c8cccc9c%10cccc(c(c1)c2[nH]c34)c%10[nH]c98)c7[nH]c65. The molecule has 0 radical (unpaired) electrons. The highest BCUT2D eigenvalue weighted by molar-refractivity contribution is 6.30. The number of aromatic amines is 3. The molecule has 39 heavy (non-hydrogen) atoms. The second-order valence-corrected chi connectivity index (χ2v) is 10.7. The molecule has 7 aromatic carbocycles. The van der Waals surface area contributed by atoms with Crippen molar-refractivity contribution in [2.45, 2.75) is 0 Å². The lowest BCUT2D eigenvalue weighted by molar-refractivity contribution is 1.57. The lowest BCUT2D eigenvalue weighted by Gasteiger charge is -1.99. The van der Waals surface area contributed by atoms with E-state index in [1.54, 1.807) is 0 Å². The van der Waals surface area contributed by atoms with Gasteiger partial charge in [-0.05, 0) is 0 Å². The van der Waals surface area contributed by atoms with Crippen molar-refractivity contribution in [3.63, 3.8) is 0 Å². The number of aromatic nitrogens is 3. The number of rotatable bonds is 0. The summed E-state index contributed by atoms with van der Waals surface area (Å²) in [4.78, 5) is 11.7. The Bertz CT molecular complexity index is 2190. The highest BCUT2D eigenvalue weighted by Gasteiger charge is 2.15. The van der Waals surface area contributed by atoms with Gasteiger partial charge in [0.1, 0.15) is 0 Å². The summed E-state index contributed by atoms with van der Waals surface area (Å²) in [5.74, 6) is 0. The van der Waals surface area contributed by atoms with Gasteiger partial charge in [0.05, 0.1) is 33.1 Å². The molecule has 3 N–H and O–H groups in total. The van der Waals surface area contributed by atoms with Gasteiger partial charge < -0.3 is 15.0 Å². The standard InChI is InChI=1S/C36H21N3/c1-7-19-20-8-2-15-27-28-16-5-11-23-24-12-6-18-30(36(24)39-35(23)28)29-17-4-10-22-21-9-3-14-26(33(21)38-34(22)29)25(13-1)31(19)37-32(20)27/h1-18,37-39H. The van der Waals surface area contributed by atoms with Crippen molar-refractivity contribution in [3.05, 3.63) is 109 Å². The Kier molecular flexibility index (Phi) is 3.44. The number of H-pyrrole nitrogens is 3. The van der Waals surface area contributed by atoms with E-state index in [4.69, 9.17) is 0 Å². The lowest BCUT2D eigenvalue weighted by atomic mass is 10.0. The highest BCUT2D eigenvalue weighted by Crippen LogP contribution is 2.40. The Labute approximate surface area is 221 Å². The summed E-state index contributed by atoms with van der Waals surface area (Å²) in [5.41, 5.74) is 7.03. The Balaban J connectivity index is 1.65. The summed E-state index contributed by atoms with van der Waals surface area (Å²) in [5, 5.41) is 14.8. The summed E-state index contributed by atoms with van der Waals surface area (Å²) in [7, 11) is 0. The second-order valence-electron chi connectivity index (χ2n) is 10.7. The van der Waals surface area contributed by atoms with Crippen molar-refractivity contribution >= 4 is 97.7 Å². The molecule has 0 saturated carbocycles. The molecule has 3 aromatic heterocycles. The van der Waals surface area contributed by atoms with E-state index in [-0.39, 0.29) is 0 Å². The molecule has 3 heteroatoms. The van der Waals surface area contributed by atoms with Crippen LogP contribution in [0.15, 0.2) is 109 Å². The van der Waals surface area contributed by atoms with Crippen LogP contribution in [0, 0.1) is 0 Å². The van der Waals surface area contributed by atoms with Crippen LogP contribution in [-0.2, 0) is 0 Å². The predicted octanol–water partition coefficient (Wildman–Crippen LogP) is 10.0. The number of hydrogen-bond donors (Lipinski definition) is 3. The first-order chi connectivity index (χ1) is 19.3. The quantitative estimate of drug-likeness (QED) is 0.187. The molecule has 0 fully saturated rings. The Hall–Kier alpha value is -5.28. The third-order valence-corrected chi connectivity index (χ3v) is 8.88. The zero-order chi connectivity index (χ0) is 25.2. The number of nitrogens with one attached hydrogen (secondary N) is 3. The number of hydrogen-bond acceptors (Lipinski definition) is 0. The topological polar surface area (TPSA) is 47.4 Å². The third kappa shape index (κ3) is 2.35. The molecule has 0 spiro atoms. The maximum Gasteiger partial charge on any atom is 0.0545 e. The van der Waals surface area contributed by atoms with Crippen LogP contribution in [-0.4, -0.2) is 15.0 Å². The molecule has 180 valence electrons. The van der Waals surface area contributed by atoms with Crippen molar-refractivity contribution < 1.29 is 0 Å². The summed E-state index contributed by atoms with van der Waals surface area (Å²) in [6, 6.07) is 40.0. The van der Waals surface area contributed by atoms with Gasteiger partial charge in [-0.15, -0.1) is 0 Å². The van der Waals surface area contributed by atoms with Crippen LogP contribution < -0.4 is 0 Å². The molecule has 3 nitrogen and oxygen atoms in total. The van der Waals surface area contributed by atoms with Crippen LogP contribution in [0.4, 0.5) is 0 Å². The average molecular weight is 496 g/mol. The molecular weight excluding hydrogens is 474 g/mol. The van der Waals surface area contributed by atoms with E-state index in [1.807, 2.05) is 0 Å². The third-order valence-electron chi connectivity index (χ3n) is 8.88. The van der Waals surface area contributed by atoms with Gasteiger partial charge in [-0.1, -0.05) is 109 Å². The Morgan fingerprint density at radius 3 is 0.462 bits per heavy atom. The minimum Gasteiger partial charge on any atom is -0.353 e. The molecule has 0 amide bonds. The zero-order valence-corrected chi connectivity index (χ0v) is 20.9. The fourth-order valence-corrected chi connectivity index (χ4v) is 7.19. The molecule has 3 heterocycles. The van der Waals surface area contributed by atoms with Crippen LogP contribution in [0.3, 0.4) is 0 Å². The molecule has 0 aliphatic heterocycles. The molecule has 0 aliphatic rings. The van der Waals surface area contributed by atoms with Crippen LogP contribution in [0.1, 0.15) is 0 Å².